The highest BCUT2D eigenvalue weighted by Crippen LogP contribution is 2.03. The minimum Gasteiger partial charge on any atom is -0.454 e. The number of nitrogens with two attached hydrogens (primary N) is 3. The van der Waals surface area contributed by atoms with Gasteiger partial charge in [0.15, 0.2) is 0 Å². The highest BCUT2D eigenvalue weighted by atomic mass is 16.3. The Labute approximate surface area is 97.6 Å². The third kappa shape index (κ3) is 5.11. The third-order valence-electron chi connectivity index (χ3n) is 1.41. The van der Waals surface area contributed by atoms with E-state index < -0.39 is 0 Å². The number of amidine groups is 1. The van der Waals surface area contributed by atoms with Crippen LogP contribution in [-0.4, -0.2) is 24.2 Å². The van der Waals surface area contributed by atoms with E-state index in [0.29, 0.717) is 17.4 Å². The van der Waals surface area contributed by atoms with E-state index >= 15 is 0 Å². The van der Waals surface area contributed by atoms with Gasteiger partial charge in [0.05, 0.1) is 12.4 Å². The fourth-order valence-corrected chi connectivity index (χ4v) is 0.836. The van der Waals surface area contributed by atoms with Crippen LogP contribution in [0.5, 0.6) is 0 Å². The van der Waals surface area contributed by atoms with Crippen molar-refractivity contribution in [1.29, 1.82) is 0 Å². The molecule has 0 aromatic carbocycles. The Morgan fingerprint density at radius 1 is 1.06 bits per heavy atom. The van der Waals surface area contributed by atoms with Gasteiger partial charge in [-0.15, -0.1) is 10.2 Å². The lowest BCUT2D eigenvalue weighted by molar-refractivity contribution is 0.553. The molecule has 1 rings (SSSR count). The maximum atomic E-state index is 5.30. The normalized spacial score (nSPS) is 12.4. The van der Waals surface area contributed by atoms with Gasteiger partial charge in [-0.2, -0.15) is 10.2 Å². The molecule has 0 amide bonds. The van der Waals surface area contributed by atoms with E-state index in [1.54, 1.807) is 19.1 Å². The van der Waals surface area contributed by atoms with E-state index in [-0.39, 0.29) is 5.96 Å². The number of rotatable bonds is 4. The summed E-state index contributed by atoms with van der Waals surface area (Å²) < 4.78 is 5.29. The topological polar surface area (TPSA) is 141 Å². The molecule has 6 N–H and O–H groups in total. The SMILES string of the molecule is CC(N)=N/N=C/c1ccc(/C=N/N=C(N)N)o1. The molecule has 8 nitrogen and oxygen atoms in total. The van der Waals surface area contributed by atoms with Crippen molar-refractivity contribution in [3.8, 4) is 0 Å². The van der Waals surface area contributed by atoms with Crippen LogP contribution in [0, 0.1) is 0 Å². The third-order valence-corrected chi connectivity index (χ3v) is 1.41. The molecule has 90 valence electrons. The minimum absolute atomic E-state index is 0.123. The zero-order valence-corrected chi connectivity index (χ0v) is 9.24. The molecule has 1 aromatic heterocycles. The van der Waals surface area contributed by atoms with Gasteiger partial charge in [0.2, 0.25) is 5.96 Å². The summed E-state index contributed by atoms with van der Waals surface area (Å²) in [4.78, 5) is 0. The van der Waals surface area contributed by atoms with E-state index in [2.05, 4.69) is 20.4 Å². The Hall–Kier alpha value is -2.64. The molecule has 1 heterocycles. The second kappa shape index (κ2) is 6.05. The fourth-order valence-electron chi connectivity index (χ4n) is 0.836. The number of guanidine groups is 1. The Balaban J connectivity index is 2.66. The summed E-state index contributed by atoms with van der Waals surface area (Å²) in [5.74, 6) is 1.25. The predicted octanol–water partition coefficient (Wildman–Crippen LogP) is -0.402. The predicted molar refractivity (Wildman–Crippen MR) is 67.0 cm³/mol. The first kappa shape index (κ1) is 12.4. The zero-order valence-electron chi connectivity index (χ0n) is 9.24. The second-order valence-electron chi connectivity index (χ2n) is 3.00. The van der Waals surface area contributed by atoms with Gasteiger partial charge in [-0.25, -0.2) is 0 Å². The van der Waals surface area contributed by atoms with Crippen molar-refractivity contribution in [3.05, 3.63) is 23.7 Å². The number of hydrogen-bond donors (Lipinski definition) is 3. The van der Waals surface area contributed by atoms with Crippen LogP contribution in [0.1, 0.15) is 18.4 Å². The maximum absolute atomic E-state index is 5.30. The summed E-state index contributed by atoms with van der Waals surface area (Å²) in [6.45, 7) is 1.63. The highest BCUT2D eigenvalue weighted by Gasteiger charge is 1.96. The van der Waals surface area contributed by atoms with Gasteiger partial charge < -0.3 is 21.6 Å². The molecule has 0 bridgehead atoms. The largest absolute Gasteiger partial charge is 0.454 e. The number of furan rings is 1. The van der Waals surface area contributed by atoms with Gasteiger partial charge in [0, 0.05) is 0 Å². The van der Waals surface area contributed by atoms with Crippen LogP contribution in [0.25, 0.3) is 0 Å². The second-order valence-corrected chi connectivity index (χ2v) is 3.00. The summed E-state index contributed by atoms with van der Waals surface area (Å²) in [7, 11) is 0. The van der Waals surface area contributed by atoms with Crippen LogP contribution in [0.4, 0.5) is 0 Å². The fraction of sp³-hybridized carbons (Fsp3) is 0.111. The molecule has 0 unspecified atom stereocenters. The van der Waals surface area contributed by atoms with Gasteiger partial charge in [-0.1, -0.05) is 0 Å². The van der Waals surface area contributed by atoms with Crippen LogP contribution in [-0.2, 0) is 0 Å². The van der Waals surface area contributed by atoms with Crippen molar-refractivity contribution < 1.29 is 4.42 Å². The molecule has 0 aliphatic heterocycles. The summed E-state index contributed by atoms with van der Waals surface area (Å²) in [6, 6.07) is 3.38. The van der Waals surface area contributed by atoms with Crippen LogP contribution < -0.4 is 17.2 Å². The molecule has 0 radical (unpaired) electrons. The molecule has 0 saturated carbocycles. The van der Waals surface area contributed by atoms with Gasteiger partial charge in [0.25, 0.3) is 0 Å². The summed E-state index contributed by atoms with van der Waals surface area (Å²) in [6.07, 6.45) is 2.79. The molecule has 1 aromatic rings. The number of hydrogen-bond acceptors (Lipinski definition) is 5. The molecule has 0 fully saturated rings. The first-order valence-corrected chi connectivity index (χ1v) is 4.63. The van der Waals surface area contributed by atoms with Crippen molar-refractivity contribution >= 4 is 24.2 Å². The van der Waals surface area contributed by atoms with Gasteiger partial charge in [-0.05, 0) is 19.1 Å². The van der Waals surface area contributed by atoms with Crippen molar-refractivity contribution in [3.63, 3.8) is 0 Å². The highest BCUT2D eigenvalue weighted by molar-refractivity contribution is 5.83. The van der Waals surface area contributed by atoms with Crippen molar-refractivity contribution in [1.82, 2.24) is 0 Å². The lowest BCUT2D eigenvalue weighted by Crippen LogP contribution is -2.21. The van der Waals surface area contributed by atoms with E-state index in [1.165, 1.54) is 12.4 Å². The van der Waals surface area contributed by atoms with Gasteiger partial charge in [-0.3, -0.25) is 0 Å². The standard InChI is InChI=1S/C9H13N7O/c1-6(10)15-13-4-7-2-3-8(17-7)5-14-16-9(11)12/h2-5H,1H3,(H2,10,15)(H4,11,12,16)/b13-4+,14-5+. The van der Waals surface area contributed by atoms with Crippen molar-refractivity contribution in [2.75, 3.05) is 0 Å². The van der Waals surface area contributed by atoms with E-state index in [1.807, 2.05) is 0 Å². The van der Waals surface area contributed by atoms with E-state index in [9.17, 15) is 0 Å². The first-order valence-electron chi connectivity index (χ1n) is 4.63. The van der Waals surface area contributed by atoms with Crippen LogP contribution in [0.3, 0.4) is 0 Å². The van der Waals surface area contributed by atoms with E-state index in [0.717, 1.165) is 0 Å². The molecular weight excluding hydrogens is 222 g/mol. The van der Waals surface area contributed by atoms with Gasteiger partial charge in [0.1, 0.15) is 17.4 Å². The molecule has 0 saturated heterocycles. The monoisotopic (exact) mass is 235 g/mol. The molecule has 0 aliphatic carbocycles. The van der Waals surface area contributed by atoms with Crippen LogP contribution >= 0.6 is 0 Å². The number of nitrogens with zero attached hydrogens (tertiary/aromatic N) is 4. The first-order chi connectivity index (χ1) is 8.08. The van der Waals surface area contributed by atoms with E-state index in [4.69, 9.17) is 21.6 Å². The van der Waals surface area contributed by atoms with Gasteiger partial charge >= 0.3 is 0 Å². The lowest BCUT2D eigenvalue weighted by Gasteiger charge is -1.85. The quantitative estimate of drug-likeness (QED) is 0.370. The summed E-state index contributed by atoms with van der Waals surface area (Å²) >= 11 is 0. The smallest absolute Gasteiger partial charge is 0.211 e. The average molecular weight is 235 g/mol. The maximum Gasteiger partial charge on any atom is 0.211 e. The van der Waals surface area contributed by atoms with Crippen LogP contribution in [0.2, 0.25) is 0 Å². The molecule has 8 heteroatoms. The van der Waals surface area contributed by atoms with Crippen molar-refractivity contribution in [2.24, 2.45) is 37.6 Å². The lowest BCUT2D eigenvalue weighted by atomic mass is 10.4. The van der Waals surface area contributed by atoms with Crippen LogP contribution in [0.15, 0.2) is 37.0 Å². The Bertz CT molecular complexity index is 433. The summed E-state index contributed by atoms with van der Waals surface area (Å²) in [5, 5.41) is 14.3. The average Bonchev–Trinajstić information content (AvgIpc) is 2.65. The summed E-state index contributed by atoms with van der Waals surface area (Å²) in [5.41, 5.74) is 15.5. The van der Waals surface area contributed by atoms with Crippen molar-refractivity contribution in [2.45, 2.75) is 6.92 Å². The Morgan fingerprint density at radius 2 is 1.59 bits per heavy atom. The Kier molecular flexibility index (Phi) is 4.43. The molecule has 17 heavy (non-hydrogen) atoms. The molecule has 0 atom stereocenters. The zero-order chi connectivity index (χ0) is 12.7. The molecular formula is C9H13N7O. The molecule has 0 spiro atoms. The molecule has 0 aliphatic rings. The Morgan fingerprint density at radius 3 is 2.06 bits per heavy atom. The minimum atomic E-state index is -0.123.